The normalized spacial score (nSPS) is 23.3. The molecule has 0 aromatic heterocycles. The molecule has 1 nitrogen and oxygen atoms in total. The highest BCUT2D eigenvalue weighted by Crippen LogP contribution is 2.36. The largest absolute Gasteiger partial charge is 0.192 e. The van der Waals surface area contributed by atoms with Crippen LogP contribution in [0.5, 0.6) is 0 Å². The zero-order chi connectivity index (χ0) is 13.0. The van der Waals surface area contributed by atoms with Crippen LogP contribution in [0.3, 0.4) is 0 Å². The molecule has 1 heteroatoms. The van der Waals surface area contributed by atoms with E-state index in [0.717, 1.165) is 12.0 Å². The lowest BCUT2D eigenvalue weighted by Gasteiger charge is -2.27. The van der Waals surface area contributed by atoms with E-state index in [4.69, 9.17) is 5.26 Å². The highest BCUT2D eigenvalue weighted by Gasteiger charge is 2.21. The number of aryl methyl sites for hydroxylation is 1. The number of nitrogens with zero attached hydrogens (tertiary/aromatic N) is 1. The molecule has 1 aliphatic rings. The van der Waals surface area contributed by atoms with Gasteiger partial charge in [-0.2, -0.15) is 5.26 Å². The van der Waals surface area contributed by atoms with Gasteiger partial charge in [0.15, 0.2) is 0 Å². The quantitative estimate of drug-likeness (QED) is 0.708. The molecule has 1 saturated carbocycles. The summed E-state index contributed by atoms with van der Waals surface area (Å²) in [6.45, 7) is 6.02. The molecule has 0 bridgehead atoms. The maximum Gasteiger partial charge on any atom is 0.0994 e. The van der Waals surface area contributed by atoms with Crippen LogP contribution in [0.2, 0.25) is 0 Å². The van der Waals surface area contributed by atoms with Gasteiger partial charge in [-0.25, -0.2) is 0 Å². The molecule has 0 unspecified atom stereocenters. The Labute approximate surface area is 110 Å². The van der Waals surface area contributed by atoms with Gasteiger partial charge in [-0.1, -0.05) is 25.1 Å². The van der Waals surface area contributed by atoms with E-state index in [0.29, 0.717) is 11.8 Å². The number of benzene rings is 1. The Kier molecular flexibility index (Phi) is 4.20. The second-order valence-electron chi connectivity index (χ2n) is 5.23. The molecular formula is C17H21N. The Hall–Kier alpha value is -1.55. The molecule has 0 aliphatic heterocycles. The predicted octanol–water partition coefficient (Wildman–Crippen LogP) is 4.58. The average molecular weight is 239 g/mol. The Morgan fingerprint density at radius 2 is 2.06 bits per heavy atom. The van der Waals surface area contributed by atoms with Crippen LogP contribution in [0.1, 0.15) is 55.2 Å². The van der Waals surface area contributed by atoms with E-state index in [1.165, 1.54) is 36.8 Å². The fourth-order valence-electron chi connectivity index (χ4n) is 2.96. The molecule has 0 amide bonds. The van der Waals surface area contributed by atoms with E-state index in [1.54, 1.807) is 0 Å². The molecule has 1 aliphatic carbocycles. The van der Waals surface area contributed by atoms with Crippen molar-refractivity contribution in [2.24, 2.45) is 5.92 Å². The zero-order valence-corrected chi connectivity index (χ0v) is 11.2. The Bertz CT molecular complexity index is 459. The lowest BCUT2D eigenvalue weighted by molar-refractivity contribution is 0.376. The molecule has 0 radical (unpaired) electrons. The number of rotatable bonds is 3. The monoisotopic (exact) mass is 239 g/mol. The average Bonchev–Trinajstić information content (AvgIpc) is 2.46. The van der Waals surface area contributed by atoms with E-state index < -0.39 is 0 Å². The first-order valence-corrected chi connectivity index (χ1v) is 6.94. The summed E-state index contributed by atoms with van der Waals surface area (Å²) in [7, 11) is 0. The van der Waals surface area contributed by atoms with E-state index in [1.807, 2.05) is 6.07 Å². The van der Waals surface area contributed by atoms with Crippen LogP contribution in [-0.4, -0.2) is 0 Å². The summed E-state index contributed by atoms with van der Waals surface area (Å²) in [5.41, 5.74) is 3.45. The van der Waals surface area contributed by atoms with Crippen LogP contribution < -0.4 is 0 Å². The van der Waals surface area contributed by atoms with Crippen molar-refractivity contribution in [2.75, 3.05) is 0 Å². The van der Waals surface area contributed by atoms with E-state index in [2.05, 4.69) is 37.8 Å². The molecular weight excluding hydrogens is 218 g/mol. The van der Waals surface area contributed by atoms with E-state index in [9.17, 15) is 0 Å². The lowest BCUT2D eigenvalue weighted by atomic mass is 9.78. The van der Waals surface area contributed by atoms with Gasteiger partial charge in [-0.3, -0.25) is 0 Å². The topological polar surface area (TPSA) is 23.8 Å². The molecule has 18 heavy (non-hydrogen) atoms. The standard InChI is InChI=1S/C17H21N/c1-3-13-5-7-15(8-6-13)16-9-10-17(12-18)14(4-2)11-16/h3,9-11,13,15H,1,4-8H2,2H3. The van der Waals surface area contributed by atoms with Crippen LogP contribution in [0.25, 0.3) is 0 Å². The van der Waals surface area contributed by atoms with Gasteiger partial charge in [-0.05, 0) is 61.1 Å². The molecule has 2 rings (SSSR count). The van der Waals surface area contributed by atoms with Gasteiger partial charge in [0, 0.05) is 0 Å². The third kappa shape index (κ3) is 2.64. The maximum atomic E-state index is 9.06. The molecule has 1 aromatic carbocycles. The van der Waals surface area contributed by atoms with Gasteiger partial charge >= 0.3 is 0 Å². The van der Waals surface area contributed by atoms with Crippen molar-refractivity contribution in [3.63, 3.8) is 0 Å². The summed E-state index contributed by atoms with van der Waals surface area (Å²) in [6, 6.07) is 8.67. The van der Waals surface area contributed by atoms with Gasteiger partial charge in [0.2, 0.25) is 0 Å². The van der Waals surface area contributed by atoms with Crippen molar-refractivity contribution in [3.05, 3.63) is 47.5 Å². The minimum Gasteiger partial charge on any atom is -0.192 e. The van der Waals surface area contributed by atoms with Crippen molar-refractivity contribution < 1.29 is 0 Å². The number of allylic oxidation sites excluding steroid dienone is 1. The van der Waals surface area contributed by atoms with Crippen LogP contribution in [0.15, 0.2) is 30.9 Å². The lowest BCUT2D eigenvalue weighted by Crippen LogP contribution is -2.11. The van der Waals surface area contributed by atoms with Gasteiger partial charge in [0.05, 0.1) is 11.6 Å². The van der Waals surface area contributed by atoms with Gasteiger partial charge in [0.1, 0.15) is 0 Å². The summed E-state index contributed by atoms with van der Waals surface area (Å²) in [4.78, 5) is 0. The van der Waals surface area contributed by atoms with E-state index in [-0.39, 0.29) is 0 Å². The van der Waals surface area contributed by atoms with Crippen molar-refractivity contribution >= 4 is 0 Å². The SMILES string of the molecule is C=CC1CCC(c2ccc(C#N)c(CC)c2)CC1. The first-order valence-electron chi connectivity index (χ1n) is 6.94. The second kappa shape index (κ2) is 5.87. The fourth-order valence-corrected chi connectivity index (χ4v) is 2.96. The summed E-state index contributed by atoms with van der Waals surface area (Å²) in [5.74, 6) is 1.39. The van der Waals surface area contributed by atoms with Crippen molar-refractivity contribution in [3.8, 4) is 6.07 Å². The van der Waals surface area contributed by atoms with Gasteiger partial charge in [0.25, 0.3) is 0 Å². The van der Waals surface area contributed by atoms with E-state index >= 15 is 0 Å². The Balaban J connectivity index is 2.15. The second-order valence-corrected chi connectivity index (χ2v) is 5.23. The Morgan fingerprint density at radius 1 is 1.33 bits per heavy atom. The minimum absolute atomic E-state index is 0.680. The molecule has 0 N–H and O–H groups in total. The maximum absolute atomic E-state index is 9.06. The van der Waals surface area contributed by atoms with Crippen molar-refractivity contribution in [2.45, 2.75) is 44.9 Å². The fraction of sp³-hybridized carbons (Fsp3) is 0.471. The predicted molar refractivity (Wildman–Crippen MR) is 75.4 cm³/mol. The van der Waals surface area contributed by atoms with Gasteiger partial charge in [-0.15, -0.1) is 6.58 Å². The molecule has 0 saturated heterocycles. The third-order valence-corrected chi connectivity index (χ3v) is 4.21. The van der Waals surface area contributed by atoms with Crippen molar-refractivity contribution in [1.29, 1.82) is 5.26 Å². The van der Waals surface area contributed by atoms with Crippen LogP contribution >= 0.6 is 0 Å². The third-order valence-electron chi connectivity index (χ3n) is 4.21. The summed E-state index contributed by atoms with van der Waals surface area (Å²) in [5, 5.41) is 9.06. The summed E-state index contributed by atoms with van der Waals surface area (Å²) >= 11 is 0. The summed E-state index contributed by atoms with van der Waals surface area (Å²) in [6.07, 6.45) is 8.08. The van der Waals surface area contributed by atoms with Crippen LogP contribution in [0, 0.1) is 17.2 Å². The minimum atomic E-state index is 0.680. The highest BCUT2D eigenvalue weighted by molar-refractivity contribution is 5.41. The summed E-state index contributed by atoms with van der Waals surface area (Å²) < 4.78 is 0. The number of hydrogen-bond acceptors (Lipinski definition) is 1. The van der Waals surface area contributed by atoms with Crippen LogP contribution in [-0.2, 0) is 6.42 Å². The first-order chi connectivity index (χ1) is 8.78. The smallest absolute Gasteiger partial charge is 0.0994 e. The Morgan fingerprint density at radius 3 is 2.61 bits per heavy atom. The number of nitriles is 1. The van der Waals surface area contributed by atoms with Crippen LogP contribution in [0.4, 0.5) is 0 Å². The zero-order valence-electron chi connectivity index (χ0n) is 11.2. The van der Waals surface area contributed by atoms with Crippen molar-refractivity contribution in [1.82, 2.24) is 0 Å². The molecule has 0 spiro atoms. The molecule has 1 fully saturated rings. The molecule has 94 valence electrons. The molecule has 0 heterocycles. The molecule has 1 aromatic rings. The first kappa shape index (κ1) is 12.9. The molecule has 0 atom stereocenters. The number of hydrogen-bond donors (Lipinski definition) is 0. The van der Waals surface area contributed by atoms with Gasteiger partial charge < -0.3 is 0 Å². The highest BCUT2D eigenvalue weighted by atomic mass is 14.3.